The molecule has 8 heteroatoms. The highest BCUT2D eigenvalue weighted by Crippen LogP contribution is 2.35. The molecular formula is C27H26ClFN2O3S. The maximum absolute atomic E-state index is 14.2. The molecule has 5 rings (SSSR count). The largest absolute Gasteiger partial charge is 0.488 e. The minimum atomic E-state index is -0.436. The Hall–Kier alpha value is -2.90. The minimum Gasteiger partial charge on any atom is -0.488 e. The zero-order valence-electron chi connectivity index (χ0n) is 19.2. The molecule has 0 spiro atoms. The average molecular weight is 513 g/mol. The SMILES string of the molecule is O=C(c1cccc(Cl)c1)N(CC(=O)N1CCc2sccc2[C@H]1COc1ccccc1F)CC1CC1. The number of fused-ring (bicyclic) bond motifs is 1. The van der Waals surface area contributed by atoms with E-state index < -0.39 is 5.82 Å². The van der Waals surface area contributed by atoms with E-state index >= 15 is 0 Å². The number of rotatable bonds is 8. The number of nitrogens with zero attached hydrogens (tertiary/aromatic N) is 2. The van der Waals surface area contributed by atoms with E-state index in [0.717, 1.165) is 24.8 Å². The number of carbonyl (C=O) groups excluding carboxylic acids is 2. The number of para-hydroxylation sites is 1. The van der Waals surface area contributed by atoms with E-state index in [1.807, 2.05) is 11.4 Å². The molecule has 1 aliphatic heterocycles. The smallest absolute Gasteiger partial charge is 0.254 e. The van der Waals surface area contributed by atoms with Gasteiger partial charge in [0.25, 0.3) is 5.91 Å². The number of ether oxygens (including phenoxy) is 1. The average Bonchev–Trinajstić information content (AvgIpc) is 3.54. The van der Waals surface area contributed by atoms with Crippen LogP contribution >= 0.6 is 22.9 Å². The van der Waals surface area contributed by atoms with Crippen LogP contribution in [0, 0.1) is 11.7 Å². The van der Waals surface area contributed by atoms with Crippen molar-refractivity contribution in [2.75, 3.05) is 26.2 Å². The van der Waals surface area contributed by atoms with Gasteiger partial charge in [0.1, 0.15) is 13.2 Å². The molecule has 0 radical (unpaired) electrons. The molecule has 1 saturated carbocycles. The molecule has 182 valence electrons. The lowest BCUT2D eigenvalue weighted by Crippen LogP contribution is -2.48. The van der Waals surface area contributed by atoms with Crippen molar-refractivity contribution in [3.63, 3.8) is 0 Å². The third-order valence-corrected chi connectivity index (χ3v) is 7.74. The highest BCUT2D eigenvalue weighted by atomic mass is 35.5. The van der Waals surface area contributed by atoms with Crippen LogP contribution in [-0.4, -0.2) is 47.9 Å². The number of carbonyl (C=O) groups is 2. The van der Waals surface area contributed by atoms with Crippen molar-refractivity contribution < 1.29 is 18.7 Å². The predicted molar refractivity (Wildman–Crippen MR) is 134 cm³/mol. The van der Waals surface area contributed by atoms with Gasteiger partial charge in [-0.3, -0.25) is 9.59 Å². The molecule has 35 heavy (non-hydrogen) atoms. The molecular weight excluding hydrogens is 487 g/mol. The molecule has 0 N–H and O–H groups in total. The van der Waals surface area contributed by atoms with Crippen LogP contribution in [0.25, 0.3) is 0 Å². The quantitative estimate of drug-likeness (QED) is 0.395. The summed E-state index contributed by atoms with van der Waals surface area (Å²) in [5.41, 5.74) is 1.50. The highest BCUT2D eigenvalue weighted by molar-refractivity contribution is 7.10. The lowest BCUT2D eigenvalue weighted by molar-refractivity contribution is -0.135. The summed E-state index contributed by atoms with van der Waals surface area (Å²) >= 11 is 7.76. The second-order valence-electron chi connectivity index (χ2n) is 9.03. The van der Waals surface area contributed by atoms with Crippen molar-refractivity contribution in [1.82, 2.24) is 9.80 Å². The van der Waals surface area contributed by atoms with Crippen molar-refractivity contribution in [1.29, 1.82) is 0 Å². The summed E-state index contributed by atoms with van der Waals surface area (Å²) < 4.78 is 20.0. The molecule has 1 fully saturated rings. The van der Waals surface area contributed by atoms with Crippen LogP contribution in [0.4, 0.5) is 4.39 Å². The number of thiophene rings is 1. The normalized spacial score (nSPS) is 17.1. The van der Waals surface area contributed by atoms with E-state index in [-0.39, 0.29) is 36.8 Å². The van der Waals surface area contributed by atoms with Gasteiger partial charge in [0, 0.05) is 28.6 Å². The number of hydrogen-bond donors (Lipinski definition) is 0. The first-order valence-electron chi connectivity index (χ1n) is 11.8. The van der Waals surface area contributed by atoms with Gasteiger partial charge >= 0.3 is 0 Å². The lowest BCUT2D eigenvalue weighted by Gasteiger charge is -2.37. The van der Waals surface area contributed by atoms with E-state index in [2.05, 4.69) is 0 Å². The molecule has 0 saturated heterocycles. The van der Waals surface area contributed by atoms with E-state index in [1.54, 1.807) is 63.6 Å². The molecule has 2 amide bonds. The van der Waals surface area contributed by atoms with E-state index in [1.165, 1.54) is 10.9 Å². The first-order valence-corrected chi connectivity index (χ1v) is 13.0. The Bertz CT molecular complexity index is 1230. The molecule has 1 atom stereocenters. The van der Waals surface area contributed by atoms with Gasteiger partial charge in [-0.2, -0.15) is 0 Å². The number of halogens is 2. The third-order valence-electron chi connectivity index (χ3n) is 6.51. The number of amides is 2. The van der Waals surface area contributed by atoms with Gasteiger partial charge < -0.3 is 14.5 Å². The summed E-state index contributed by atoms with van der Waals surface area (Å²) in [7, 11) is 0. The maximum Gasteiger partial charge on any atom is 0.254 e. The van der Waals surface area contributed by atoms with Crippen LogP contribution in [0.2, 0.25) is 5.02 Å². The monoisotopic (exact) mass is 512 g/mol. The summed E-state index contributed by atoms with van der Waals surface area (Å²) in [5.74, 6) is -0.181. The minimum absolute atomic E-state index is 0.0164. The first-order chi connectivity index (χ1) is 17.0. The fourth-order valence-electron chi connectivity index (χ4n) is 4.49. The van der Waals surface area contributed by atoms with Crippen LogP contribution in [0.15, 0.2) is 60.0 Å². The molecule has 2 aromatic carbocycles. The second kappa shape index (κ2) is 10.4. The number of benzene rings is 2. The van der Waals surface area contributed by atoms with Crippen LogP contribution < -0.4 is 4.74 Å². The molecule has 1 aromatic heterocycles. The zero-order valence-corrected chi connectivity index (χ0v) is 20.7. The highest BCUT2D eigenvalue weighted by Gasteiger charge is 2.35. The van der Waals surface area contributed by atoms with Crippen LogP contribution in [0.3, 0.4) is 0 Å². The second-order valence-corrected chi connectivity index (χ2v) is 10.5. The fourth-order valence-corrected chi connectivity index (χ4v) is 5.61. The van der Waals surface area contributed by atoms with Crippen molar-refractivity contribution in [2.24, 2.45) is 5.92 Å². The zero-order chi connectivity index (χ0) is 24.4. The van der Waals surface area contributed by atoms with E-state index in [4.69, 9.17) is 16.3 Å². The third kappa shape index (κ3) is 5.52. The Labute approximate surface area is 213 Å². The van der Waals surface area contributed by atoms with Crippen molar-refractivity contribution in [3.8, 4) is 5.75 Å². The van der Waals surface area contributed by atoms with Crippen LogP contribution in [-0.2, 0) is 11.2 Å². The summed E-state index contributed by atoms with van der Waals surface area (Å²) in [6.45, 7) is 1.20. The standard InChI is InChI=1S/C27H26ClFN2O3S/c28-20-5-3-4-19(14-20)27(33)30(15-18-8-9-18)16-26(32)31-12-10-25-21(11-13-35-25)23(31)17-34-24-7-2-1-6-22(24)29/h1-7,11,13-14,18,23H,8-10,12,15-17H2/t23-/m1/s1. The lowest BCUT2D eigenvalue weighted by atomic mass is 10.00. The summed E-state index contributed by atoms with van der Waals surface area (Å²) in [6.07, 6.45) is 2.88. The number of hydrogen-bond acceptors (Lipinski definition) is 4. The topological polar surface area (TPSA) is 49.9 Å². The summed E-state index contributed by atoms with van der Waals surface area (Å²) in [5, 5.41) is 2.50. The molecule has 2 aliphatic rings. The van der Waals surface area contributed by atoms with Crippen molar-refractivity contribution in [3.05, 3.63) is 86.8 Å². The Morgan fingerprint density at radius 1 is 1.14 bits per heavy atom. The van der Waals surface area contributed by atoms with E-state index in [9.17, 15) is 14.0 Å². The van der Waals surface area contributed by atoms with Gasteiger partial charge in [-0.25, -0.2) is 4.39 Å². The molecule has 5 nitrogen and oxygen atoms in total. The first kappa shape index (κ1) is 23.8. The molecule has 0 bridgehead atoms. The molecule has 1 aliphatic carbocycles. The van der Waals surface area contributed by atoms with Crippen molar-refractivity contribution in [2.45, 2.75) is 25.3 Å². The van der Waals surface area contributed by atoms with Gasteiger partial charge in [-0.1, -0.05) is 29.8 Å². The Morgan fingerprint density at radius 2 is 1.97 bits per heavy atom. The Balaban J connectivity index is 1.35. The maximum atomic E-state index is 14.2. The van der Waals surface area contributed by atoms with Crippen LogP contribution in [0.5, 0.6) is 5.75 Å². The summed E-state index contributed by atoms with van der Waals surface area (Å²) in [4.78, 5) is 31.5. The predicted octanol–water partition coefficient (Wildman–Crippen LogP) is 5.60. The van der Waals surface area contributed by atoms with Crippen molar-refractivity contribution >= 4 is 34.8 Å². The van der Waals surface area contributed by atoms with Gasteiger partial charge in [0.2, 0.25) is 5.91 Å². The molecule has 2 heterocycles. The molecule has 3 aromatic rings. The van der Waals surface area contributed by atoms with Gasteiger partial charge in [0.15, 0.2) is 11.6 Å². The summed E-state index contributed by atoms with van der Waals surface area (Å²) in [6, 6.07) is 14.8. The van der Waals surface area contributed by atoms with Gasteiger partial charge in [-0.05, 0) is 72.5 Å². The Kier molecular flexibility index (Phi) is 7.07. The molecule has 0 unspecified atom stereocenters. The Morgan fingerprint density at radius 3 is 2.74 bits per heavy atom. The van der Waals surface area contributed by atoms with Crippen LogP contribution in [0.1, 0.15) is 39.7 Å². The van der Waals surface area contributed by atoms with Gasteiger partial charge in [0.05, 0.1) is 6.04 Å². The van der Waals surface area contributed by atoms with Gasteiger partial charge in [-0.15, -0.1) is 11.3 Å². The fraction of sp³-hybridized carbons (Fsp3) is 0.333. The van der Waals surface area contributed by atoms with E-state index in [0.29, 0.717) is 29.6 Å².